The molecule has 1 fully saturated rings. The quantitative estimate of drug-likeness (QED) is 0.246. The van der Waals surface area contributed by atoms with Crippen molar-refractivity contribution in [2.75, 3.05) is 19.1 Å². The summed E-state index contributed by atoms with van der Waals surface area (Å²) >= 11 is 0.906. The van der Waals surface area contributed by atoms with Crippen LogP contribution in [-0.4, -0.2) is 47.1 Å². The van der Waals surface area contributed by atoms with Crippen LogP contribution in [0.4, 0.5) is 5.13 Å². The first-order chi connectivity index (χ1) is 16.3. The Balaban J connectivity index is 1.93. The number of phenolic OH excluding ortho intramolecular Hbond substituents is 1. The number of methoxy groups -OCH3 is 2. The van der Waals surface area contributed by atoms with Gasteiger partial charge in [-0.1, -0.05) is 35.6 Å². The molecule has 174 valence electrons. The van der Waals surface area contributed by atoms with Crippen LogP contribution in [0.2, 0.25) is 0 Å². The number of ether oxygens (including phenoxy) is 2. The number of aromatic nitrogens is 1. The number of carbonyl (C=O) groups is 3. The predicted molar refractivity (Wildman–Crippen MR) is 124 cm³/mol. The van der Waals surface area contributed by atoms with Crippen LogP contribution >= 0.6 is 11.3 Å². The second-order valence-corrected chi connectivity index (χ2v) is 8.37. The van der Waals surface area contributed by atoms with Crippen LogP contribution in [0.15, 0.2) is 54.1 Å². The normalized spacial score (nSPS) is 17.1. The zero-order valence-corrected chi connectivity index (χ0v) is 19.3. The molecule has 1 amide bonds. The summed E-state index contributed by atoms with van der Waals surface area (Å²) in [7, 11) is 2.70. The summed E-state index contributed by atoms with van der Waals surface area (Å²) in [5.74, 6) is -2.38. The van der Waals surface area contributed by atoms with Gasteiger partial charge in [0.05, 0.1) is 31.5 Å². The van der Waals surface area contributed by atoms with E-state index in [9.17, 15) is 24.6 Å². The first kappa shape index (κ1) is 23.0. The molecule has 1 aromatic heterocycles. The number of benzene rings is 2. The van der Waals surface area contributed by atoms with E-state index in [2.05, 4.69) is 4.98 Å². The highest BCUT2D eigenvalue weighted by Crippen LogP contribution is 2.44. The van der Waals surface area contributed by atoms with Crippen molar-refractivity contribution in [2.24, 2.45) is 0 Å². The number of ketones is 1. The van der Waals surface area contributed by atoms with Crippen LogP contribution in [0.1, 0.15) is 32.5 Å². The first-order valence-electron chi connectivity index (χ1n) is 10.1. The second-order valence-electron chi connectivity index (χ2n) is 7.40. The van der Waals surface area contributed by atoms with Crippen LogP contribution in [0, 0.1) is 6.92 Å². The van der Waals surface area contributed by atoms with Gasteiger partial charge >= 0.3 is 11.9 Å². The maximum Gasteiger partial charge on any atom is 0.350 e. The smallest absolute Gasteiger partial charge is 0.350 e. The van der Waals surface area contributed by atoms with Crippen LogP contribution in [0.5, 0.6) is 11.5 Å². The molecule has 1 atom stereocenters. The fourth-order valence-electron chi connectivity index (χ4n) is 3.70. The molecule has 1 aliphatic heterocycles. The molecule has 9 nitrogen and oxygen atoms in total. The van der Waals surface area contributed by atoms with Gasteiger partial charge in [-0.15, -0.1) is 0 Å². The lowest BCUT2D eigenvalue weighted by Gasteiger charge is -2.23. The fourth-order valence-corrected chi connectivity index (χ4v) is 4.71. The van der Waals surface area contributed by atoms with E-state index in [0.29, 0.717) is 17.0 Å². The van der Waals surface area contributed by atoms with Crippen molar-refractivity contribution < 1.29 is 34.1 Å². The van der Waals surface area contributed by atoms with Crippen molar-refractivity contribution in [3.8, 4) is 11.5 Å². The lowest BCUT2D eigenvalue weighted by molar-refractivity contribution is -0.132. The number of phenols is 1. The van der Waals surface area contributed by atoms with Crippen LogP contribution in [0.25, 0.3) is 5.76 Å². The molecular weight excluding hydrogens is 460 g/mol. The number of anilines is 1. The Kier molecular flexibility index (Phi) is 6.08. The second kappa shape index (κ2) is 8.99. The average Bonchev–Trinajstić information content (AvgIpc) is 3.35. The first-order valence-corrected chi connectivity index (χ1v) is 10.9. The lowest BCUT2D eigenvalue weighted by Crippen LogP contribution is -2.29. The zero-order valence-electron chi connectivity index (χ0n) is 18.4. The largest absolute Gasteiger partial charge is 0.508 e. The number of esters is 1. The molecule has 2 heterocycles. The molecule has 10 heteroatoms. The molecular formula is C24H20N2O7S. The van der Waals surface area contributed by atoms with Crippen molar-refractivity contribution in [1.82, 2.24) is 4.98 Å². The molecule has 0 saturated carbocycles. The van der Waals surface area contributed by atoms with Gasteiger partial charge in [-0.25, -0.2) is 9.78 Å². The monoisotopic (exact) mass is 480 g/mol. The van der Waals surface area contributed by atoms with Gasteiger partial charge in [0.15, 0.2) is 5.13 Å². The maximum absolute atomic E-state index is 13.2. The van der Waals surface area contributed by atoms with Crippen molar-refractivity contribution in [3.63, 3.8) is 0 Å². The number of aliphatic hydroxyl groups excluding tert-OH is 1. The predicted octanol–water partition coefficient (Wildman–Crippen LogP) is 3.58. The van der Waals surface area contributed by atoms with Gasteiger partial charge in [0.1, 0.15) is 22.1 Å². The van der Waals surface area contributed by atoms with Crippen molar-refractivity contribution >= 4 is 39.9 Å². The summed E-state index contributed by atoms with van der Waals surface area (Å²) in [6, 6.07) is 11.3. The molecule has 3 aromatic rings. The fraction of sp³-hybridized carbons (Fsp3) is 0.167. The molecule has 0 radical (unpaired) electrons. The van der Waals surface area contributed by atoms with Gasteiger partial charge in [-0.05, 0) is 36.8 Å². The van der Waals surface area contributed by atoms with Crippen molar-refractivity contribution in [3.05, 3.63) is 75.8 Å². The molecule has 2 aromatic carbocycles. The summed E-state index contributed by atoms with van der Waals surface area (Å²) in [5, 5.41) is 21.0. The number of aromatic hydroxyl groups is 1. The molecule has 2 N–H and O–H groups in total. The number of thiazole rings is 1. The highest BCUT2D eigenvalue weighted by molar-refractivity contribution is 7.17. The Morgan fingerprint density at radius 2 is 1.82 bits per heavy atom. The Morgan fingerprint density at radius 1 is 1.12 bits per heavy atom. The number of Topliss-reactive ketones (excluding diaryl/α,β-unsaturated/α-hetero) is 1. The number of aliphatic hydroxyl groups is 1. The Hall–Kier alpha value is -4.18. The van der Waals surface area contributed by atoms with E-state index in [1.807, 2.05) is 0 Å². The SMILES string of the molecule is COC(=O)c1sc(N2C(=O)C(=O)/C(=C(/O)c3cccc(OC)c3)[C@@H]2c2ccc(O)cc2)nc1C. The summed E-state index contributed by atoms with van der Waals surface area (Å²) in [5.41, 5.74) is 0.919. The summed E-state index contributed by atoms with van der Waals surface area (Å²) in [4.78, 5) is 44.1. The molecule has 4 rings (SSSR count). The van der Waals surface area contributed by atoms with E-state index in [1.165, 1.54) is 26.4 Å². The van der Waals surface area contributed by atoms with Gasteiger partial charge in [0, 0.05) is 5.56 Å². The van der Waals surface area contributed by atoms with Crippen molar-refractivity contribution in [2.45, 2.75) is 13.0 Å². The van der Waals surface area contributed by atoms with Gasteiger partial charge in [-0.2, -0.15) is 0 Å². The average molecular weight is 480 g/mol. The van der Waals surface area contributed by atoms with Crippen LogP contribution in [0.3, 0.4) is 0 Å². The molecule has 0 aliphatic carbocycles. The van der Waals surface area contributed by atoms with E-state index < -0.39 is 23.7 Å². The van der Waals surface area contributed by atoms with Gasteiger partial charge in [-0.3, -0.25) is 14.5 Å². The van der Waals surface area contributed by atoms with E-state index in [-0.39, 0.29) is 32.7 Å². The highest BCUT2D eigenvalue weighted by Gasteiger charge is 2.48. The summed E-state index contributed by atoms with van der Waals surface area (Å²) in [6.45, 7) is 1.59. The minimum Gasteiger partial charge on any atom is -0.508 e. The Labute approximate surface area is 198 Å². The number of aryl methyl sites for hydroxylation is 1. The number of hydrogen-bond donors (Lipinski definition) is 2. The van der Waals surface area contributed by atoms with E-state index in [1.54, 1.807) is 43.3 Å². The molecule has 0 bridgehead atoms. The van der Waals surface area contributed by atoms with Gasteiger partial charge < -0.3 is 19.7 Å². The van der Waals surface area contributed by atoms with E-state index in [0.717, 1.165) is 16.2 Å². The van der Waals surface area contributed by atoms with E-state index in [4.69, 9.17) is 9.47 Å². The maximum atomic E-state index is 13.2. The third-order valence-electron chi connectivity index (χ3n) is 5.36. The molecule has 0 spiro atoms. The molecule has 0 unspecified atom stereocenters. The number of hydrogen-bond acceptors (Lipinski definition) is 9. The zero-order chi connectivity index (χ0) is 24.6. The lowest BCUT2D eigenvalue weighted by atomic mass is 9.95. The van der Waals surface area contributed by atoms with Gasteiger partial charge in [0.25, 0.3) is 5.78 Å². The Bertz CT molecular complexity index is 1330. The Morgan fingerprint density at radius 3 is 2.47 bits per heavy atom. The molecule has 1 aliphatic rings. The van der Waals surface area contributed by atoms with Crippen molar-refractivity contribution in [1.29, 1.82) is 0 Å². The topological polar surface area (TPSA) is 126 Å². The van der Waals surface area contributed by atoms with E-state index >= 15 is 0 Å². The van der Waals surface area contributed by atoms with Crippen LogP contribution < -0.4 is 9.64 Å². The minimum absolute atomic E-state index is 0.00781. The van der Waals surface area contributed by atoms with Crippen LogP contribution in [-0.2, 0) is 14.3 Å². The number of carbonyl (C=O) groups excluding carboxylic acids is 3. The van der Waals surface area contributed by atoms with Gasteiger partial charge in [0.2, 0.25) is 0 Å². The summed E-state index contributed by atoms with van der Waals surface area (Å²) < 4.78 is 9.98. The number of nitrogens with zero attached hydrogens (tertiary/aromatic N) is 2. The third kappa shape index (κ3) is 3.88. The standard InChI is InChI=1S/C24H20N2O7S/c1-12-21(23(31)33-3)34-24(25-12)26-18(13-7-9-15(27)10-8-13)17(20(29)22(26)30)19(28)14-5-4-6-16(11-14)32-2/h4-11,18,27-28H,1-3H3/b19-17+/t18-/m0/s1. The highest BCUT2D eigenvalue weighted by atomic mass is 32.1. The third-order valence-corrected chi connectivity index (χ3v) is 6.50. The summed E-state index contributed by atoms with van der Waals surface area (Å²) in [6.07, 6.45) is 0. The molecule has 34 heavy (non-hydrogen) atoms. The number of amides is 1. The minimum atomic E-state index is -1.05. The number of rotatable bonds is 5. The molecule has 1 saturated heterocycles.